The molecular weight excluding hydrogens is 394 g/mol. The zero-order valence-corrected chi connectivity index (χ0v) is 16.3. The minimum atomic E-state index is -0.653. The molecule has 10 heteroatoms. The van der Waals surface area contributed by atoms with Crippen LogP contribution in [-0.4, -0.2) is 26.5 Å². The van der Waals surface area contributed by atoms with Crippen LogP contribution in [0, 0.1) is 10.1 Å². The second kappa shape index (κ2) is 7.55. The quantitative estimate of drug-likeness (QED) is 0.387. The topological polar surface area (TPSA) is 130 Å². The number of carbonyl (C=O) groups excluding carboxylic acids is 1. The summed E-state index contributed by atoms with van der Waals surface area (Å²) in [5.41, 5.74) is 3.90. The normalized spacial score (nSPS) is 13.9. The number of rotatable bonds is 4. The van der Waals surface area contributed by atoms with Crippen LogP contribution in [-0.2, 0) is 12.8 Å². The number of aromatic nitrogens is 2. The molecule has 0 atom stereocenters. The van der Waals surface area contributed by atoms with Crippen molar-refractivity contribution in [3.8, 4) is 0 Å². The molecule has 148 valence electrons. The van der Waals surface area contributed by atoms with Crippen molar-refractivity contribution >= 4 is 38.9 Å². The molecule has 4 rings (SSSR count). The SMILES string of the molecule is C/C(=N/NC(=O)c1nc2sc3c(c2c(=O)[nH]1)CCCC3)c1cccc([N+](=O)[O-])c1. The predicted octanol–water partition coefficient (Wildman–Crippen LogP) is 2.93. The lowest BCUT2D eigenvalue weighted by Crippen LogP contribution is -2.25. The Morgan fingerprint density at radius 3 is 2.93 bits per heavy atom. The highest BCUT2D eigenvalue weighted by Crippen LogP contribution is 2.33. The molecule has 29 heavy (non-hydrogen) atoms. The van der Waals surface area contributed by atoms with Crippen molar-refractivity contribution in [2.45, 2.75) is 32.6 Å². The summed E-state index contributed by atoms with van der Waals surface area (Å²) in [4.78, 5) is 44.0. The van der Waals surface area contributed by atoms with Gasteiger partial charge in [0.25, 0.3) is 11.2 Å². The van der Waals surface area contributed by atoms with Gasteiger partial charge in [-0.1, -0.05) is 12.1 Å². The van der Waals surface area contributed by atoms with Crippen molar-refractivity contribution in [1.82, 2.24) is 15.4 Å². The van der Waals surface area contributed by atoms with Crippen LogP contribution in [0.25, 0.3) is 10.2 Å². The first-order valence-corrected chi connectivity index (χ1v) is 9.89. The van der Waals surface area contributed by atoms with E-state index in [2.05, 4.69) is 20.5 Å². The second-order valence-electron chi connectivity index (χ2n) is 6.75. The largest absolute Gasteiger partial charge is 0.307 e. The molecule has 0 unspecified atom stereocenters. The van der Waals surface area contributed by atoms with Gasteiger partial charge in [-0.25, -0.2) is 10.4 Å². The molecule has 1 aromatic carbocycles. The predicted molar refractivity (Wildman–Crippen MR) is 110 cm³/mol. The summed E-state index contributed by atoms with van der Waals surface area (Å²) in [7, 11) is 0. The van der Waals surface area contributed by atoms with Gasteiger partial charge in [0.05, 0.1) is 16.0 Å². The number of hydrogen-bond donors (Lipinski definition) is 2. The summed E-state index contributed by atoms with van der Waals surface area (Å²) < 4.78 is 0. The number of nitrogens with zero attached hydrogens (tertiary/aromatic N) is 3. The number of nitro groups is 1. The third-order valence-corrected chi connectivity index (χ3v) is 6.03. The van der Waals surface area contributed by atoms with E-state index in [0.717, 1.165) is 31.2 Å². The smallest absolute Gasteiger partial charge is 0.302 e. The van der Waals surface area contributed by atoms with E-state index in [0.29, 0.717) is 21.5 Å². The van der Waals surface area contributed by atoms with Crippen molar-refractivity contribution in [2.24, 2.45) is 5.10 Å². The van der Waals surface area contributed by atoms with Crippen LogP contribution in [0.5, 0.6) is 0 Å². The highest BCUT2D eigenvalue weighted by atomic mass is 32.1. The van der Waals surface area contributed by atoms with E-state index in [4.69, 9.17) is 0 Å². The average Bonchev–Trinajstić information content (AvgIpc) is 3.10. The Labute approximate surface area is 168 Å². The maximum absolute atomic E-state index is 12.5. The van der Waals surface area contributed by atoms with Gasteiger partial charge in [-0.15, -0.1) is 11.3 Å². The summed E-state index contributed by atoms with van der Waals surface area (Å²) in [5.74, 6) is -0.767. The van der Waals surface area contributed by atoms with Gasteiger partial charge in [0, 0.05) is 22.6 Å². The molecular formula is C19H17N5O4S. The van der Waals surface area contributed by atoms with Crippen LogP contribution in [0.4, 0.5) is 5.69 Å². The third-order valence-electron chi connectivity index (χ3n) is 4.84. The van der Waals surface area contributed by atoms with E-state index < -0.39 is 10.8 Å². The molecule has 1 amide bonds. The zero-order chi connectivity index (χ0) is 20.5. The lowest BCUT2D eigenvalue weighted by atomic mass is 9.97. The van der Waals surface area contributed by atoms with Crippen LogP contribution in [0.15, 0.2) is 34.2 Å². The molecule has 0 fully saturated rings. The number of hydrazone groups is 1. The standard InChI is InChI=1S/C19H17N5O4S/c1-10(11-5-4-6-12(9-11)24(27)28)22-23-18(26)16-20-17(25)15-13-7-2-3-8-14(13)29-19(15)21-16/h4-6,9H,2-3,7-8H2,1H3,(H,23,26)(H,20,21,25)/b22-10-. The maximum Gasteiger partial charge on any atom is 0.307 e. The minimum absolute atomic E-state index is 0.0681. The number of amides is 1. The number of non-ortho nitro benzene ring substituents is 1. The first-order chi connectivity index (χ1) is 13.9. The molecule has 0 saturated heterocycles. The van der Waals surface area contributed by atoms with Gasteiger partial charge in [0.2, 0.25) is 5.82 Å². The highest BCUT2D eigenvalue weighted by molar-refractivity contribution is 7.18. The molecule has 2 heterocycles. The highest BCUT2D eigenvalue weighted by Gasteiger charge is 2.21. The van der Waals surface area contributed by atoms with Gasteiger partial charge in [-0.3, -0.25) is 19.7 Å². The van der Waals surface area contributed by atoms with Gasteiger partial charge in [-0.05, 0) is 38.2 Å². The van der Waals surface area contributed by atoms with Crippen molar-refractivity contribution in [3.63, 3.8) is 0 Å². The number of aromatic amines is 1. The summed E-state index contributed by atoms with van der Waals surface area (Å²) in [5, 5.41) is 15.5. The van der Waals surface area contributed by atoms with E-state index in [1.165, 1.54) is 28.3 Å². The summed E-state index contributed by atoms with van der Waals surface area (Å²) in [6.45, 7) is 1.62. The van der Waals surface area contributed by atoms with Crippen molar-refractivity contribution in [1.29, 1.82) is 0 Å². The summed E-state index contributed by atoms with van der Waals surface area (Å²) >= 11 is 1.46. The van der Waals surface area contributed by atoms with E-state index in [-0.39, 0.29) is 17.1 Å². The Balaban J connectivity index is 1.59. The molecule has 9 nitrogen and oxygen atoms in total. The van der Waals surface area contributed by atoms with Gasteiger partial charge in [0.1, 0.15) is 4.83 Å². The van der Waals surface area contributed by atoms with Crippen LogP contribution in [0.2, 0.25) is 0 Å². The lowest BCUT2D eigenvalue weighted by Gasteiger charge is -2.09. The zero-order valence-electron chi connectivity index (χ0n) is 15.5. The first-order valence-electron chi connectivity index (χ1n) is 9.08. The van der Waals surface area contributed by atoms with E-state index in [1.807, 2.05) is 0 Å². The fourth-order valence-corrected chi connectivity index (χ4v) is 4.63. The Kier molecular flexibility index (Phi) is 4.93. The fourth-order valence-electron chi connectivity index (χ4n) is 3.37. The number of carbonyl (C=O) groups is 1. The molecule has 0 saturated carbocycles. The Bertz CT molecular complexity index is 1230. The average molecular weight is 411 g/mol. The van der Waals surface area contributed by atoms with E-state index >= 15 is 0 Å². The molecule has 2 aromatic heterocycles. The third kappa shape index (κ3) is 3.66. The minimum Gasteiger partial charge on any atom is -0.302 e. The second-order valence-corrected chi connectivity index (χ2v) is 7.83. The molecule has 0 radical (unpaired) electrons. The summed E-state index contributed by atoms with van der Waals surface area (Å²) in [6, 6.07) is 5.94. The van der Waals surface area contributed by atoms with Gasteiger partial charge >= 0.3 is 5.91 Å². The Morgan fingerprint density at radius 1 is 1.34 bits per heavy atom. The number of nitrogens with one attached hydrogen (secondary N) is 2. The number of benzene rings is 1. The van der Waals surface area contributed by atoms with Crippen molar-refractivity contribution in [3.05, 3.63) is 66.6 Å². The number of nitro benzene ring substituents is 1. The molecule has 0 spiro atoms. The summed E-state index contributed by atoms with van der Waals surface area (Å²) in [6.07, 6.45) is 3.94. The number of fused-ring (bicyclic) bond motifs is 3. The maximum atomic E-state index is 12.5. The molecule has 1 aliphatic rings. The lowest BCUT2D eigenvalue weighted by molar-refractivity contribution is -0.384. The Hall–Kier alpha value is -3.40. The van der Waals surface area contributed by atoms with Gasteiger partial charge in [-0.2, -0.15) is 5.10 Å². The number of hydrogen-bond acceptors (Lipinski definition) is 7. The van der Waals surface area contributed by atoms with Gasteiger partial charge < -0.3 is 4.98 Å². The fraction of sp³-hybridized carbons (Fsp3) is 0.263. The van der Waals surface area contributed by atoms with Crippen molar-refractivity contribution < 1.29 is 9.72 Å². The molecule has 1 aliphatic carbocycles. The van der Waals surface area contributed by atoms with Crippen LogP contribution >= 0.6 is 11.3 Å². The Morgan fingerprint density at radius 2 is 2.14 bits per heavy atom. The van der Waals surface area contributed by atoms with Gasteiger partial charge in [0.15, 0.2) is 0 Å². The monoisotopic (exact) mass is 411 g/mol. The number of H-pyrrole nitrogens is 1. The molecule has 0 bridgehead atoms. The molecule has 0 aliphatic heterocycles. The van der Waals surface area contributed by atoms with Crippen LogP contribution in [0.3, 0.4) is 0 Å². The first kappa shape index (κ1) is 18.9. The van der Waals surface area contributed by atoms with Crippen LogP contribution < -0.4 is 11.0 Å². The van der Waals surface area contributed by atoms with E-state index in [9.17, 15) is 19.7 Å². The number of thiophene rings is 1. The van der Waals surface area contributed by atoms with Crippen molar-refractivity contribution in [2.75, 3.05) is 0 Å². The molecule has 2 N–H and O–H groups in total. The van der Waals surface area contributed by atoms with Crippen LogP contribution in [0.1, 0.15) is 46.4 Å². The van der Waals surface area contributed by atoms with E-state index in [1.54, 1.807) is 19.1 Å². The molecule has 3 aromatic rings. The number of aryl methyl sites for hydroxylation is 2.